The van der Waals surface area contributed by atoms with Crippen LogP contribution in [-0.2, 0) is 9.53 Å². The minimum atomic E-state index is -0.288. The van der Waals surface area contributed by atoms with E-state index in [1.807, 2.05) is 0 Å². The third kappa shape index (κ3) is 4.13. The Bertz CT molecular complexity index is 483. The number of hydrogen-bond acceptors (Lipinski definition) is 5. The molecule has 0 radical (unpaired) electrons. The SMILES string of the molecule is CCN1CCC(C(COc2ccccc2O)C(=O)OC)CC1. The maximum atomic E-state index is 12.1. The summed E-state index contributed by atoms with van der Waals surface area (Å²) in [5, 5.41) is 9.75. The van der Waals surface area contributed by atoms with Crippen LogP contribution in [0.1, 0.15) is 19.8 Å². The number of rotatable bonds is 6. The molecule has 1 saturated heterocycles. The van der Waals surface area contributed by atoms with Gasteiger partial charge in [-0.15, -0.1) is 0 Å². The molecule has 2 rings (SSSR count). The average Bonchev–Trinajstić information content (AvgIpc) is 2.56. The molecule has 1 aromatic rings. The highest BCUT2D eigenvalue weighted by atomic mass is 16.5. The molecule has 1 N–H and O–H groups in total. The fourth-order valence-corrected chi connectivity index (χ4v) is 2.98. The van der Waals surface area contributed by atoms with Crippen LogP contribution in [0, 0.1) is 11.8 Å². The molecule has 1 heterocycles. The molecule has 1 atom stereocenters. The van der Waals surface area contributed by atoms with E-state index in [1.165, 1.54) is 7.11 Å². The lowest BCUT2D eigenvalue weighted by Gasteiger charge is -2.34. The molecular formula is C17H25NO4. The van der Waals surface area contributed by atoms with E-state index in [9.17, 15) is 9.90 Å². The van der Waals surface area contributed by atoms with Crippen molar-refractivity contribution < 1.29 is 19.4 Å². The van der Waals surface area contributed by atoms with Gasteiger partial charge in [0.15, 0.2) is 11.5 Å². The second-order valence-corrected chi connectivity index (χ2v) is 5.68. The lowest BCUT2D eigenvalue weighted by molar-refractivity contribution is -0.149. The number of phenols is 1. The van der Waals surface area contributed by atoms with Gasteiger partial charge in [-0.1, -0.05) is 19.1 Å². The zero-order valence-electron chi connectivity index (χ0n) is 13.3. The van der Waals surface area contributed by atoms with Gasteiger partial charge >= 0.3 is 5.97 Å². The van der Waals surface area contributed by atoms with E-state index in [0.29, 0.717) is 5.75 Å². The predicted molar refractivity (Wildman–Crippen MR) is 83.9 cm³/mol. The molecular weight excluding hydrogens is 282 g/mol. The van der Waals surface area contributed by atoms with Gasteiger partial charge in [0.05, 0.1) is 13.0 Å². The standard InChI is InChI=1S/C17H25NO4/c1-3-18-10-8-13(9-11-18)14(17(20)21-2)12-22-16-7-5-4-6-15(16)19/h4-7,13-14,19H,3,8-12H2,1-2H3. The molecule has 1 aromatic carbocycles. The fraction of sp³-hybridized carbons (Fsp3) is 0.588. The first-order valence-corrected chi connectivity index (χ1v) is 7.86. The molecule has 0 amide bonds. The van der Waals surface area contributed by atoms with E-state index in [-0.39, 0.29) is 30.2 Å². The highest BCUT2D eigenvalue weighted by molar-refractivity contribution is 5.72. The second kappa shape index (κ2) is 8.03. The second-order valence-electron chi connectivity index (χ2n) is 5.68. The number of methoxy groups -OCH3 is 1. The Hall–Kier alpha value is -1.75. The molecule has 0 spiro atoms. The van der Waals surface area contributed by atoms with Gasteiger partial charge in [-0.2, -0.15) is 0 Å². The lowest BCUT2D eigenvalue weighted by Crippen LogP contribution is -2.40. The summed E-state index contributed by atoms with van der Waals surface area (Å²) in [6.07, 6.45) is 1.94. The maximum Gasteiger partial charge on any atom is 0.312 e. The van der Waals surface area contributed by atoms with Crippen LogP contribution in [-0.4, -0.2) is 49.3 Å². The topological polar surface area (TPSA) is 59.0 Å². The normalized spacial score (nSPS) is 17.9. The molecule has 1 aliphatic rings. The van der Waals surface area contributed by atoms with Crippen LogP contribution < -0.4 is 4.74 Å². The fourth-order valence-electron chi connectivity index (χ4n) is 2.98. The van der Waals surface area contributed by atoms with E-state index in [0.717, 1.165) is 32.5 Å². The number of ether oxygens (including phenoxy) is 2. The molecule has 5 nitrogen and oxygen atoms in total. The van der Waals surface area contributed by atoms with Crippen LogP contribution in [0.4, 0.5) is 0 Å². The number of likely N-dealkylation sites (tertiary alicyclic amines) is 1. The molecule has 122 valence electrons. The molecule has 0 aromatic heterocycles. The van der Waals surface area contributed by atoms with Crippen LogP contribution in [0.3, 0.4) is 0 Å². The van der Waals surface area contributed by atoms with Crippen LogP contribution >= 0.6 is 0 Å². The quantitative estimate of drug-likeness (QED) is 0.817. The first-order valence-electron chi connectivity index (χ1n) is 7.86. The predicted octanol–water partition coefficient (Wildman–Crippen LogP) is 2.29. The van der Waals surface area contributed by atoms with Crippen molar-refractivity contribution in [1.82, 2.24) is 4.90 Å². The van der Waals surface area contributed by atoms with Crippen molar-refractivity contribution in [2.24, 2.45) is 11.8 Å². The molecule has 5 heteroatoms. The van der Waals surface area contributed by atoms with Gasteiger partial charge < -0.3 is 19.5 Å². The van der Waals surface area contributed by atoms with E-state index in [4.69, 9.17) is 9.47 Å². The Balaban J connectivity index is 1.98. The van der Waals surface area contributed by atoms with E-state index in [1.54, 1.807) is 24.3 Å². The number of nitrogens with zero attached hydrogens (tertiary/aromatic N) is 1. The van der Waals surface area contributed by atoms with E-state index in [2.05, 4.69) is 11.8 Å². The van der Waals surface area contributed by atoms with Crippen molar-refractivity contribution >= 4 is 5.97 Å². The first kappa shape index (κ1) is 16.6. The van der Waals surface area contributed by atoms with Gasteiger partial charge in [0, 0.05) is 0 Å². The minimum Gasteiger partial charge on any atom is -0.504 e. The smallest absolute Gasteiger partial charge is 0.312 e. The van der Waals surface area contributed by atoms with Gasteiger partial charge in [0.1, 0.15) is 6.61 Å². The average molecular weight is 307 g/mol. The monoisotopic (exact) mass is 307 g/mol. The van der Waals surface area contributed by atoms with Crippen molar-refractivity contribution in [3.63, 3.8) is 0 Å². The number of aromatic hydroxyl groups is 1. The highest BCUT2D eigenvalue weighted by Gasteiger charge is 2.32. The summed E-state index contributed by atoms with van der Waals surface area (Å²) in [5.74, 6) is 0.240. The minimum absolute atomic E-state index is 0.0897. The number of hydrogen-bond donors (Lipinski definition) is 1. The zero-order valence-corrected chi connectivity index (χ0v) is 13.3. The molecule has 0 saturated carbocycles. The summed E-state index contributed by atoms with van der Waals surface area (Å²) in [4.78, 5) is 14.5. The third-order valence-corrected chi connectivity index (χ3v) is 4.44. The Morgan fingerprint density at radius 2 is 2.05 bits per heavy atom. The highest BCUT2D eigenvalue weighted by Crippen LogP contribution is 2.29. The summed E-state index contributed by atoms with van der Waals surface area (Å²) in [6, 6.07) is 6.80. The molecule has 0 bridgehead atoms. The van der Waals surface area contributed by atoms with Gasteiger partial charge in [0.2, 0.25) is 0 Å². The molecule has 0 aliphatic carbocycles. The molecule has 1 unspecified atom stereocenters. The van der Waals surface area contributed by atoms with Gasteiger partial charge in [-0.25, -0.2) is 0 Å². The maximum absolute atomic E-state index is 12.1. The number of carbonyl (C=O) groups is 1. The van der Waals surface area contributed by atoms with Crippen molar-refractivity contribution in [3.05, 3.63) is 24.3 Å². The Morgan fingerprint density at radius 1 is 1.36 bits per heavy atom. The zero-order chi connectivity index (χ0) is 15.9. The van der Waals surface area contributed by atoms with Crippen LogP contribution in [0.15, 0.2) is 24.3 Å². The van der Waals surface area contributed by atoms with Crippen LogP contribution in [0.2, 0.25) is 0 Å². The summed E-state index contributed by atoms with van der Waals surface area (Å²) in [5.41, 5.74) is 0. The Labute approximate surface area is 131 Å². The summed E-state index contributed by atoms with van der Waals surface area (Å²) in [6.45, 7) is 5.45. The van der Waals surface area contributed by atoms with Crippen LogP contribution in [0.25, 0.3) is 0 Å². The van der Waals surface area contributed by atoms with Crippen molar-refractivity contribution in [3.8, 4) is 11.5 Å². The molecule has 22 heavy (non-hydrogen) atoms. The molecule has 1 fully saturated rings. The number of para-hydroxylation sites is 2. The lowest BCUT2D eigenvalue weighted by atomic mass is 9.84. The number of carbonyl (C=O) groups excluding carboxylic acids is 1. The van der Waals surface area contributed by atoms with Gasteiger partial charge in [-0.3, -0.25) is 4.79 Å². The largest absolute Gasteiger partial charge is 0.504 e. The molecule has 1 aliphatic heterocycles. The van der Waals surface area contributed by atoms with Crippen LogP contribution in [0.5, 0.6) is 11.5 Å². The summed E-state index contributed by atoms with van der Waals surface area (Å²) < 4.78 is 10.6. The van der Waals surface area contributed by atoms with Gasteiger partial charge in [0.25, 0.3) is 0 Å². The Kier molecular flexibility index (Phi) is 6.07. The number of phenolic OH excluding ortho intramolecular Hbond substituents is 1. The van der Waals surface area contributed by atoms with E-state index >= 15 is 0 Å². The third-order valence-electron chi connectivity index (χ3n) is 4.44. The number of esters is 1. The van der Waals surface area contributed by atoms with Crippen molar-refractivity contribution in [1.29, 1.82) is 0 Å². The number of piperidine rings is 1. The van der Waals surface area contributed by atoms with Gasteiger partial charge in [-0.05, 0) is 50.5 Å². The van der Waals surface area contributed by atoms with E-state index < -0.39 is 0 Å². The van der Waals surface area contributed by atoms with Crippen molar-refractivity contribution in [2.75, 3.05) is 33.4 Å². The summed E-state index contributed by atoms with van der Waals surface area (Å²) >= 11 is 0. The number of benzene rings is 1. The first-order chi connectivity index (χ1) is 10.7. The Morgan fingerprint density at radius 3 is 2.64 bits per heavy atom. The van der Waals surface area contributed by atoms with Crippen molar-refractivity contribution in [2.45, 2.75) is 19.8 Å². The summed E-state index contributed by atoms with van der Waals surface area (Å²) in [7, 11) is 1.41.